The smallest absolute Gasteiger partial charge is 0.0613 e. The molecule has 2 heteroatoms. The molecule has 0 aliphatic heterocycles. The van der Waals surface area contributed by atoms with Gasteiger partial charge in [-0.05, 0) is 43.4 Å². The highest BCUT2D eigenvalue weighted by atomic mass is 16.3. The number of aliphatic hydroxyl groups excluding tert-OH is 1. The fourth-order valence-corrected chi connectivity index (χ4v) is 4.70. The van der Waals surface area contributed by atoms with E-state index in [9.17, 15) is 5.11 Å². The van der Waals surface area contributed by atoms with Gasteiger partial charge in [-0.3, -0.25) is 0 Å². The van der Waals surface area contributed by atoms with Gasteiger partial charge in [-0.1, -0.05) is 40.0 Å². The summed E-state index contributed by atoms with van der Waals surface area (Å²) in [4.78, 5) is 0. The Morgan fingerprint density at radius 1 is 1.11 bits per heavy atom. The standard InChI is InChI=1S/C16H31NO/c1-13-9-15(2,3)11-16(10-13,12-18)17-14-7-5-4-6-8-14/h13-14,17-18H,4-12H2,1-3H3. The van der Waals surface area contributed by atoms with Crippen LogP contribution in [0.5, 0.6) is 0 Å². The first-order valence-electron chi connectivity index (χ1n) is 7.83. The van der Waals surface area contributed by atoms with Crippen molar-refractivity contribution in [2.24, 2.45) is 11.3 Å². The Balaban J connectivity index is 2.04. The summed E-state index contributed by atoms with van der Waals surface area (Å²) in [7, 11) is 0. The number of nitrogens with one attached hydrogen (secondary N) is 1. The van der Waals surface area contributed by atoms with Crippen LogP contribution in [-0.4, -0.2) is 23.3 Å². The third-order valence-corrected chi connectivity index (χ3v) is 4.88. The van der Waals surface area contributed by atoms with Crippen LogP contribution < -0.4 is 5.32 Å². The fraction of sp³-hybridized carbons (Fsp3) is 1.00. The van der Waals surface area contributed by atoms with E-state index in [1.165, 1.54) is 38.5 Å². The fourth-order valence-electron chi connectivity index (χ4n) is 4.70. The second-order valence-electron chi connectivity index (χ2n) is 7.77. The largest absolute Gasteiger partial charge is 0.394 e. The van der Waals surface area contributed by atoms with E-state index in [1.807, 2.05) is 0 Å². The molecule has 0 amide bonds. The molecule has 2 atom stereocenters. The van der Waals surface area contributed by atoms with Gasteiger partial charge in [0.2, 0.25) is 0 Å². The van der Waals surface area contributed by atoms with E-state index in [-0.39, 0.29) is 5.54 Å². The van der Waals surface area contributed by atoms with Crippen LogP contribution >= 0.6 is 0 Å². The van der Waals surface area contributed by atoms with Crippen LogP contribution in [0.1, 0.15) is 72.1 Å². The lowest BCUT2D eigenvalue weighted by Gasteiger charge is -2.49. The maximum Gasteiger partial charge on any atom is 0.0613 e. The molecule has 0 aromatic carbocycles. The van der Waals surface area contributed by atoms with Crippen LogP contribution in [0.25, 0.3) is 0 Å². The van der Waals surface area contributed by atoms with Crippen LogP contribution in [0, 0.1) is 11.3 Å². The maximum absolute atomic E-state index is 9.96. The monoisotopic (exact) mass is 253 g/mol. The molecule has 2 fully saturated rings. The van der Waals surface area contributed by atoms with Gasteiger partial charge in [0.25, 0.3) is 0 Å². The highest BCUT2D eigenvalue weighted by Crippen LogP contribution is 2.44. The number of rotatable bonds is 3. The van der Waals surface area contributed by atoms with E-state index >= 15 is 0 Å². The third kappa shape index (κ3) is 3.48. The van der Waals surface area contributed by atoms with Gasteiger partial charge in [0.15, 0.2) is 0 Å². The summed E-state index contributed by atoms with van der Waals surface area (Å²) in [6, 6.07) is 0.645. The number of aliphatic hydroxyl groups is 1. The van der Waals surface area contributed by atoms with Gasteiger partial charge < -0.3 is 10.4 Å². The second kappa shape index (κ2) is 5.50. The predicted molar refractivity (Wildman–Crippen MR) is 76.6 cm³/mol. The molecule has 0 spiro atoms. The van der Waals surface area contributed by atoms with Crippen molar-refractivity contribution in [2.45, 2.75) is 83.7 Å². The maximum atomic E-state index is 9.96. The van der Waals surface area contributed by atoms with Crippen molar-refractivity contribution in [1.29, 1.82) is 0 Å². The van der Waals surface area contributed by atoms with Crippen LogP contribution in [0.4, 0.5) is 0 Å². The highest BCUT2D eigenvalue weighted by molar-refractivity contribution is 5.00. The van der Waals surface area contributed by atoms with Crippen molar-refractivity contribution in [3.63, 3.8) is 0 Å². The normalized spacial score (nSPS) is 37.7. The Bertz CT molecular complexity index is 270. The van der Waals surface area contributed by atoms with Gasteiger partial charge in [0, 0.05) is 11.6 Å². The Morgan fingerprint density at radius 3 is 2.33 bits per heavy atom. The van der Waals surface area contributed by atoms with Crippen molar-refractivity contribution < 1.29 is 5.11 Å². The quantitative estimate of drug-likeness (QED) is 0.807. The molecule has 2 aliphatic rings. The minimum absolute atomic E-state index is 0.0107. The van der Waals surface area contributed by atoms with Gasteiger partial charge >= 0.3 is 0 Å². The Morgan fingerprint density at radius 2 is 1.78 bits per heavy atom. The van der Waals surface area contributed by atoms with Gasteiger partial charge in [-0.25, -0.2) is 0 Å². The van der Waals surface area contributed by atoms with Crippen molar-refractivity contribution in [1.82, 2.24) is 5.32 Å². The molecule has 0 saturated heterocycles. The molecule has 2 nitrogen and oxygen atoms in total. The summed E-state index contributed by atoms with van der Waals surface area (Å²) >= 11 is 0. The topological polar surface area (TPSA) is 32.3 Å². The highest BCUT2D eigenvalue weighted by Gasteiger charge is 2.43. The molecule has 2 rings (SSSR count). The minimum atomic E-state index is -0.0107. The molecule has 0 radical (unpaired) electrons. The average Bonchev–Trinajstić information content (AvgIpc) is 2.27. The predicted octanol–water partition coefficient (Wildman–Crippen LogP) is 3.49. The SMILES string of the molecule is CC1CC(C)(C)CC(CO)(NC2CCCCC2)C1. The van der Waals surface area contributed by atoms with E-state index in [1.54, 1.807) is 0 Å². The lowest BCUT2D eigenvalue weighted by Crippen LogP contribution is -2.58. The minimum Gasteiger partial charge on any atom is -0.394 e. The van der Waals surface area contributed by atoms with Crippen molar-refractivity contribution >= 4 is 0 Å². The lowest BCUT2D eigenvalue weighted by atomic mass is 9.64. The van der Waals surface area contributed by atoms with E-state index in [2.05, 4.69) is 26.1 Å². The zero-order valence-corrected chi connectivity index (χ0v) is 12.5. The Labute approximate surface area is 113 Å². The van der Waals surface area contributed by atoms with Crippen molar-refractivity contribution in [3.8, 4) is 0 Å². The van der Waals surface area contributed by atoms with Crippen LogP contribution in [0.2, 0.25) is 0 Å². The molecule has 0 heterocycles. The molecule has 0 aromatic heterocycles. The molecular formula is C16H31NO. The summed E-state index contributed by atoms with van der Waals surface area (Å²) in [5.41, 5.74) is 0.352. The summed E-state index contributed by atoms with van der Waals surface area (Å²) in [5.74, 6) is 0.719. The molecule has 2 unspecified atom stereocenters. The number of hydrogen-bond acceptors (Lipinski definition) is 2. The second-order valence-corrected chi connectivity index (χ2v) is 7.77. The molecule has 18 heavy (non-hydrogen) atoms. The summed E-state index contributed by atoms with van der Waals surface area (Å²) in [6.45, 7) is 7.36. The molecule has 2 N–H and O–H groups in total. The van der Waals surface area contributed by atoms with Crippen molar-refractivity contribution in [3.05, 3.63) is 0 Å². The van der Waals surface area contributed by atoms with Crippen molar-refractivity contribution in [2.75, 3.05) is 6.61 Å². The molecule has 106 valence electrons. The molecule has 2 aliphatic carbocycles. The van der Waals surface area contributed by atoms with E-state index in [0.29, 0.717) is 18.1 Å². The van der Waals surface area contributed by atoms with Gasteiger partial charge in [-0.2, -0.15) is 0 Å². The summed E-state index contributed by atoms with van der Waals surface area (Å²) in [5, 5.41) is 13.8. The Hall–Kier alpha value is -0.0800. The first-order valence-corrected chi connectivity index (χ1v) is 7.83. The lowest BCUT2D eigenvalue weighted by molar-refractivity contribution is 0.0251. The van der Waals surface area contributed by atoms with E-state index in [4.69, 9.17) is 0 Å². The van der Waals surface area contributed by atoms with Crippen LogP contribution in [0.15, 0.2) is 0 Å². The third-order valence-electron chi connectivity index (χ3n) is 4.88. The summed E-state index contributed by atoms with van der Waals surface area (Å²) < 4.78 is 0. The molecular weight excluding hydrogens is 222 g/mol. The molecule has 0 bridgehead atoms. The zero-order chi connectivity index (χ0) is 13.2. The molecule has 0 aromatic rings. The van der Waals surface area contributed by atoms with E-state index < -0.39 is 0 Å². The number of hydrogen-bond donors (Lipinski definition) is 2. The first-order chi connectivity index (χ1) is 8.45. The van der Waals surface area contributed by atoms with Crippen LogP contribution in [-0.2, 0) is 0 Å². The average molecular weight is 253 g/mol. The summed E-state index contributed by atoms with van der Waals surface area (Å²) in [6.07, 6.45) is 10.3. The molecule has 2 saturated carbocycles. The van der Waals surface area contributed by atoms with Crippen LogP contribution in [0.3, 0.4) is 0 Å². The Kier molecular flexibility index (Phi) is 4.38. The van der Waals surface area contributed by atoms with Gasteiger partial charge in [0.05, 0.1) is 6.61 Å². The first kappa shape index (κ1) is 14.3. The van der Waals surface area contributed by atoms with Gasteiger partial charge in [-0.15, -0.1) is 0 Å². The zero-order valence-electron chi connectivity index (χ0n) is 12.5. The van der Waals surface area contributed by atoms with Gasteiger partial charge in [0.1, 0.15) is 0 Å². The van der Waals surface area contributed by atoms with E-state index in [0.717, 1.165) is 18.8 Å².